The van der Waals surface area contributed by atoms with E-state index in [1.165, 1.54) is 138 Å². The zero-order valence-electron chi connectivity index (χ0n) is 33.3. The first-order valence-corrected chi connectivity index (χ1v) is 21.4. The molecule has 0 spiro atoms. The van der Waals surface area contributed by atoms with Crippen LogP contribution in [0.3, 0.4) is 0 Å². The Bertz CT molecular complexity index is 2840. The fourth-order valence-electron chi connectivity index (χ4n) is 10.7. The third-order valence-corrected chi connectivity index (χ3v) is 13.7. The molecule has 280 valence electrons. The van der Waals surface area contributed by atoms with Gasteiger partial charge in [-0.1, -0.05) is 123 Å². The molecule has 0 radical (unpaired) electrons. The third-order valence-electron chi connectivity index (χ3n) is 13.7. The number of piperidine rings is 2. The van der Waals surface area contributed by atoms with Gasteiger partial charge in [-0.3, -0.25) is 0 Å². The van der Waals surface area contributed by atoms with E-state index in [-0.39, 0.29) is 5.41 Å². The Balaban J connectivity index is 1.20. The molecule has 2 heterocycles. The van der Waals surface area contributed by atoms with Gasteiger partial charge in [0.1, 0.15) is 0 Å². The molecule has 0 unspecified atom stereocenters. The molecule has 2 fully saturated rings. The molecular weight excluding hydrogens is 689 g/mol. The monoisotopic (exact) mass is 738 g/mol. The first-order valence-electron chi connectivity index (χ1n) is 21.4. The van der Waals surface area contributed by atoms with Crippen molar-refractivity contribution in [3.63, 3.8) is 0 Å². The van der Waals surface area contributed by atoms with E-state index in [0.717, 1.165) is 26.2 Å². The summed E-state index contributed by atoms with van der Waals surface area (Å²) in [4.78, 5) is 5.25. The molecule has 8 aromatic rings. The third kappa shape index (κ3) is 5.67. The molecule has 0 N–H and O–H groups in total. The van der Waals surface area contributed by atoms with Crippen molar-refractivity contribution < 1.29 is 0 Å². The average Bonchev–Trinajstić information content (AvgIpc) is 3.50. The summed E-state index contributed by atoms with van der Waals surface area (Å²) in [6.07, 6.45) is 7.68. The van der Waals surface area contributed by atoms with Gasteiger partial charge < -0.3 is 9.80 Å². The highest BCUT2D eigenvalue weighted by molar-refractivity contribution is 6.22. The Kier molecular flexibility index (Phi) is 8.24. The molecular formula is C55H50N2. The number of rotatable bonds is 5. The van der Waals surface area contributed by atoms with Crippen LogP contribution in [0.1, 0.15) is 63.5 Å². The van der Waals surface area contributed by atoms with Crippen LogP contribution >= 0.6 is 0 Å². The Morgan fingerprint density at radius 1 is 0.368 bits per heavy atom. The van der Waals surface area contributed by atoms with E-state index in [1.807, 2.05) is 0 Å². The summed E-state index contributed by atoms with van der Waals surface area (Å²) in [6.45, 7) is 9.30. The van der Waals surface area contributed by atoms with Crippen LogP contribution in [0.4, 0.5) is 11.4 Å². The predicted molar refractivity (Wildman–Crippen MR) is 245 cm³/mol. The standard InChI is InChI=1S/C55H50N2/c1-55(2)51-22-8-7-20-45(51)46-26-23-40(34-52(46)55)54-48-28-25-41(56-29-9-3-10-30-56)35-49(48)53(47-27-24-42(36-50(47)54)57-31-11-4-12-32-57)39-18-13-17-38(33-39)44-21-14-16-37-15-5-6-19-43(37)44/h5-8,13-28,33-36H,3-4,9-12,29-32H2,1-2H3. The quantitative estimate of drug-likeness (QED) is 0.162. The van der Waals surface area contributed by atoms with Crippen LogP contribution in [0, 0.1) is 0 Å². The fraction of sp³-hybridized carbons (Fsp3) is 0.236. The van der Waals surface area contributed by atoms with Crippen molar-refractivity contribution in [3.8, 4) is 44.5 Å². The maximum absolute atomic E-state index is 2.62. The highest BCUT2D eigenvalue weighted by Gasteiger charge is 2.35. The average molecular weight is 739 g/mol. The van der Waals surface area contributed by atoms with Crippen molar-refractivity contribution in [2.75, 3.05) is 36.0 Å². The smallest absolute Gasteiger partial charge is 0.0372 e. The van der Waals surface area contributed by atoms with Crippen LogP contribution in [0.15, 0.2) is 146 Å². The van der Waals surface area contributed by atoms with E-state index in [0.29, 0.717) is 0 Å². The van der Waals surface area contributed by atoms with Crippen LogP contribution in [0.2, 0.25) is 0 Å². The molecule has 8 aromatic carbocycles. The van der Waals surface area contributed by atoms with Gasteiger partial charge in [0, 0.05) is 43.0 Å². The second-order valence-electron chi connectivity index (χ2n) is 17.3. The second kappa shape index (κ2) is 13.7. The lowest BCUT2D eigenvalue weighted by Crippen LogP contribution is -2.29. The number of anilines is 2. The number of nitrogens with zero attached hydrogens (tertiary/aromatic N) is 2. The Hall–Kier alpha value is -5.86. The molecule has 1 aliphatic carbocycles. The highest BCUT2D eigenvalue weighted by Crippen LogP contribution is 2.52. The lowest BCUT2D eigenvalue weighted by atomic mass is 9.80. The van der Waals surface area contributed by atoms with Gasteiger partial charge in [0.05, 0.1) is 0 Å². The van der Waals surface area contributed by atoms with E-state index in [2.05, 4.69) is 169 Å². The molecule has 0 aromatic heterocycles. The van der Waals surface area contributed by atoms with E-state index >= 15 is 0 Å². The molecule has 11 rings (SSSR count). The summed E-state index contributed by atoms with van der Waals surface area (Å²) in [5.74, 6) is 0. The van der Waals surface area contributed by atoms with Gasteiger partial charge in [0.15, 0.2) is 0 Å². The first-order chi connectivity index (χ1) is 28.0. The predicted octanol–water partition coefficient (Wildman–Crippen LogP) is 14.4. The van der Waals surface area contributed by atoms with Gasteiger partial charge in [-0.05, 0) is 163 Å². The molecule has 2 saturated heterocycles. The molecule has 2 aliphatic heterocycles. The van der Waals surface area contributed by atoms with Gasteiger partial charge in [0.25, 0.3) is 0 Å². The maximum Gasteiger partial charge on any atom is 0.0372 e. The van der Waals surface area contributed by atoms with Crippen molar-refractivity contribution in [1.29, 1.82) is 0 Å². The number of benzene rings is 8. The van der Waals surface area contributed by atoms with Crippen LogP contribution in [0.25, 0.3) is 76.8 Å². The van der Waals surface area contributed by atoms with E-state index in [9.17, 15) is 0 Å². The van der Waals surface area contributed by atoms with E-state index in [1.54, 1.807) is 0 Å². The minimum atomic E-state index is -0.0735. The molecule has 0 atom stereocenters. The summed E-state index contributed by atoms with van der Waals surface area (Å²) in [5, 5.41) is 7.91. The number of fused-ring (bicyclic) bond motifs is 6. The van der Waals surface area contributed by atoms with Gasteiger partial charge in [-0.2, -0.15) is 0 Å². The van der Waals surface area contributed by atoms with Crippen molar-refractivity contribution in [2.24, 2.45) is 0 Å². The molecule has 2 heteroatoms. The second-order valence-corrected chi connectivity index (χ2v) is 17.3. The molecule has 0 amide bonds. The molecule has 57 heavy (non-hydrogen) atoms. The van der Waals surface area contributed by atoms with Gasteiger partial charge >= 0.3 is 0 Å². The van der Waals surface area contributed by atoms with Crippen molar-refractivity contribution in [1.82, 2.24) is 0 Å². The molecule has 0 saturated carbocycles. The summed E-state index contributed by atoms with van der Waals surface area (Å²) < 4.78 is 0. The topological polar surface area (TPSA) is 6.48 Å². The van der Waals surface area contributed by atoms with Gasteiger partial charge in [0.2, 0.25) is 0 Å². The van der Waals surface area contributed by atoms with Crippen LogP contribution < -0.4 is 9.80 Å². The minimum Gasteiger partial charge on any atom is -0.372 e. The molecule has 3 aliphatic rings. The summed E-state index contributed by atoms with van der Waals surface area (Å²) >= 11 is 0. The maximum atomic E-state index is 2.62. The SMILES string of the molecule is CC1(C)c2ccccc2-c2ccc(-c3c4ccc(N5CCCCC5)cc4c(-c4cccc(-c5cccc6ccccc56)c4)c4ccc(N5CCCCC5)cc34)cc21. The van der Waals surface area contributed by atoms with Crippen molar-refractivity contribution in [3.05, 3.63) is 157 Å². The summed E-state index contributed by atoms with van der Waals surface area (Å²) in [7, 11) is 0. The largest absolute Gasteiger partial charge is 0.372 e. The van der Waals surface area contributed by atoms with E-state index < -0.39 is 0 Å². The summed E-state index contributed by atoms with van der Waals surface area (Å²) in [5.41, 5.74) is 16.0. The number of hydrogen-bond acceptors (Lipinski definition) is 2. The molecule has 2 nitrogen and oxygen atoms in total. The number of hydrogen-bond donors (Lipinski definition) is 0. The lowest BCUT2D eigenvalue weighted by Gasteiger charge is -2.30. The van der Waals surface area contributed by atoms with Crippen molar-refractivity contribution in [2.45, 2.75) is 57.8 Å². The first kappa shape index (κ1) is 34.4. The minimum absolute atomic E-state index is 0.0735. The van der Waals surface area contributed by atoms with Crippen LogP contribution in [-0.4, -0.2) is 26.2 Å². The van der Waals surface area contributed by atoms with E-state index in [4.69, 9.17) is 0 Å². The van der Waals surface area contributed by atoms with Gasteiger partial charge in [-0.25, -0.2) is 0 Å². The normalized spacial score (nSPS) is 16.3. The van der Waals surface area contributed by atoms with Crippen molar-refractivity contribution >= 4 is 43.7 Å². The zero-order chi connectivity index (χ0) is 38.1. The Labute approximate surface area is 337 Å². The van der Waals surface area contributed by atoms with Gasteiger partial charge in [-0.15, -0.1) is 0 Å². The molecule has 0 bridgehead atoms. The zero-order valence-corrected chi connectivity index (χ0v) is 33.3. The summed E-state index contributed by atoms with van der Waals surface area (Å²) in [6, 6.07) is 56.1. The Morgan fingerprint density at radius 2 is 0.912 bits per heavy atom. The van der Waals surface area contributed by atoms with Crippen LogP contribution in [0.5, 0.6) is 0 Å². The Morgan fingerprint density at radius 3 is 1.61 bits per heavy atom. The van der Waals surface area contributed by atoms with Crippen LogP contribution in [-0.2, 0) is 5.41 Å². The fourth-order valence-corrected chi connectivity index (χ4v) is 10.7. The lowest BCUT2D eigenvalue weighted by molar-refractivity contribution is 0.578. The highest BCUT2D eigenvalue weighted by atomic mass is 15.1.